The molecule has 1 aromatic carbocycles. The number of hydrogen-bond donors (Lipinski definition) is 1. The smallest absolute Gasteiger partial charge is 0.194 e. The van der Waals surface area contributed by atoms with Crippen LogP contribution in [0, 0.1) is 5.82 Å². The van der Waals surface area contributed by atoms with E-state index in [9.17, 15) is 4.39 Å². The molecule has 1 unspecified atom stereocenters. The number of rotatable bonds is 5. The van der Waals surface area contributed by atoms with Gasteiger partial charge in [-0.25, -0.2) is 9.38 Å². The lowest BCUT2D eigenvalue weighted by Gasteiger charge is -2.32. The van der Waals surface area contributed by atoms with Crippen molar-refractivity contribution >= 4 is 17.7 Å². The summed E-state index contributed by atoms with van der Waals surface area (Å²) >= 11 is 1.63. The Kier molecular flexibility index (Phi) is 7.16. The summed E-state index contributed by atoms with van der Waals surface area (Å²) in [4.78, 5) is 10.8. The third-order valence-corrected chi connectivity index (χ3v) is 5.84. The Bertz CT molecular complexity index is 622. The Hall–Kier alpha value is -1.31. The summed E-state index contributed by atoms with van der Waals surface area (Å²) in [6, 6.07) is 5.51. The number of benzene rings is 1. The highest BCUT2D eigenvalue weighted by Crippen LogP contribution is 2.22. The van der Waals surface area contributed by atoms with Gasteiger partial charge in [0.05, 0.1) is 19.8 Å². The fraction of sp³-hybridized carbons (Fsp3) is 0.632. The monoisotopic (exact) mass is 380 g/mol. The van der Waals surface area contributed by atoms with Crippen LogP contribution in [0.2, 0.25) is 0 Å². The standard InChI is InChI=1S/C19H29FN4OS/c1-3-21-19(22-13-15-12-16(20)4-5-18(15)26-2)24-7-6-17(14-24)23-8-10-25-11-9-23/h4-5,12,17H,3,6-11,13-14H2,1-2H3,(H,21,22). The van der Waals surface area contributed by atoms with Crippen LogP contribution in [0.25, 0.3) is 0 Å². The minimum absolute atomic E-state index is 0.202. The molecule has 1 atom stereocenters. The van der Waals surface area contributed by atoms with E-state index in [1.807, 2.05) is 12.3 Å². The van der Waals surface area contributed by atoms with Crippen molar-refractivity contribution in [3.05, 3.63) is 29.6 Å². The van der Waals surface area contributed by atoms with E-state index >= 15 is 0 Å². The van der Waals surface area contributed by atoms with Crippen molar-refractivity contribution in [3.63, 3.8) is 0 Å². The third-order valence-electron chi connectivity index (χ3n) is 5.00. The maximum absolute atomic E-state index is 13.6. The highest BCUT2D eigenvalue weighted by atomic mass is 32.2. The van der Waals surface area contributed by atoms with Crippen molar-refractivity contribution in [2.24, 2.45) is 4.99 Å². The maximum atomic E-state index is 13.6. The summed E-state index contributed by atoms with van der Waals surface area (Å²) in [5.74, 6) is 0.728. The van der Waals surface area contributed by atoms with Crippen molar-refractivity contribution in [3.8, 4) is 0 Å². The molecule has 3 rings (SSSR count). The topological polar surface area (TPSA) is 40.1 Å². The van der Waals surface area contributed by atoms with Gasteiger partial charge in [0.15, 0.2) is 5.96 Å². The van der Waals surface area contributed by atoms with Crippen LogP contribution < -0.4 is 5.32 Å². The zero-order valence-corrected chi connectivity index (χ0v) is 16.5. The van der Waals surface area contributed by atoms with E-state index in [1.165, 1.54) is 6.07 Å². The fourth-order valence-electron chi connectivity index (χ4n) is 3.63. The van der Waals surface area contributed by atoms with Gasteiger partial charge < -0.3 is 15.0 Å². The number of hydrogen-bond acceptors (Lipinski definition) is 4. The van der Waals surface area contributed by atoms with Crippen molar-refractivity contribution in [1.82, 2.24) is 15.1 Å². The predicted octanol–water partition coefficient (Wildman–Crippen LogP) is 2.42. The van der Waals surface area contributed by atoms with Gasteiger partial charge in [-0.1, -0.05) is 0 Å². The molecule has 1 N–H and O–H groups in total. The third kappa shape index (κ3) is 4.90. The lowest BCUT2D eigenvalue weighted by Crippen LogP contribution is -2.46. The molecule has 2 heterocycles. The second kappa shape index (κ2) is 9.58. The summed E-state index contributed by atoms with van der Waals surface area (Å²) < 4.78 is 19.1. The molecular formula is C19H29FN4OS. The zero-order chi connectivity index (χ0) is 18.4. The Morgan fingerprint density at radius 2 is 2.15 bits per heavy atom. The minimum atomic E-state index is -0.202. The van der Waals surface area contributed by atoms with Gasteiger partial charge in [0.25, 0.3) is 0 Å². The van der Waals surface area contributed by atoms with E-state index < -0.39 is 0 Å². The first kappa shape index (κ1) is 19.5. The molecule has 0 aliphatic carbocycles. The molecule has 2 fully saturated rings. The summed E-state index contributed by atoms with van der Waals surface area (Å²) in [7, 11) is 0. The Morgan fingerprint density at radius 3 is 2.88 bits per heavy atom. The summed E-state index contributed by atoms with van der Waals surface area (Å²) in [6.07, 6.45) is 3.17. The number of ether oxygens (including phenoxy) is 1. The van der Waals surface area contributed by atoms with Gasteiger partial charge in [-0.15, -0.1) is 11.8 Å². The van der Waals surface area contributed by atoms with Crippen LogP contribution in [0.1, 0.15) is 18.9 Å². The molecule has 2 aliphatic heterocycles. The van der Waals surface area contributed by atoms with Crippen molar-refractivity contribution in [2.75, 3.05) is 52.2 Å². The second-order valence-corrected chi connectivity index (χ2v) is 7.51. The molecule has 2 saturated heterocycles. The van der Waals surface area contributed by atoms with Gasteiger partial charge >= 0.3 is 0 Å². The number of morpholine rings is 1. The Balaban J connectivity index is 1.67. The van der Waals surface area contributed by atoms with Crippen LogP contribution >= 0.6 is 11.8 Å². The second-order valence-electron chi connectivity index (χ2n) is 6.66. The van der Waals surface area contributed by atoms with Crippen LogP contribution in [0.5, 0.6) is 0 Å². The lowest BCUT2D eigenvalue weighted by atomic mass is 10.2. The van der Waals surface area contributed by atoms with Crippen LogP contribution in [-0.4, -0.2) is 74.0 Å². The lowest BCUT2D eigenvalue weighted by molar-refractivity contribution is 0.0195. The molecule has 26 heavy (non-hydrogen) atoms. The number of halogens is 1. The number of nitrogens with one attached hydrogen (secondary N) is 1. The quantitative estimate of drug-likeness (QED) is 0.483. The largest absolute Gasteiger partial charge is 0.379 e. The molecule has 7 heteroatoms. The molecular weight excluding hydrogens is 351 g/mol. The van der Waals surface area contributed by atoms with E-state index in [4.69, 9.17) is 9.73 Å². The number of thioether (sulfide) groups is 1. The SMILES string of the molecule is CCNC(=NCc1cc(F)ccc1SC)N1CCC(N2CCOCC2)C1. The fourth-order valence-corrected chi connectivity index (χ4v) is 4.22. The van der Waals surface area contributed by atoms with Gasteiger partial charge in [0, 0.05) is 43.7 Å². The van der Waals surface area contributed by atoms with Gasteiger partial charge in [-0.2, -0.15) is 0 Å². The number of likely N-dealkylation sites (tertiary alicyclic amines) is 1. The summed E-state index contributed by atoms with van der Waals surface area (Å²) in [5.41, 5.74) is 0.942. The van der Waals surface area contributed by atoms with E-state index in [-0.39, 0.29) is 5.82 Å². The van der Waals surface area contributed by atoms with Crippen molar-refractivity contribution in [1.29, 1.82) is 0 Å². The number of guanidine groups is 1. The molecule has 144 valence electrons. The van der Waals surface area contributed by atoms with Crippen LogP contribution in [-0.2, 0) is 11.3 Å². The normalized spacial score (nSPS) is 22.0. The van der Waals surface area contributed by atoms with Crippen LogP contribution in [0.4, 0.5) is 4.39 Å². The molecule has 0 saturated carbocycles. The number of nitrogens with zero attached hydrogens (tertiary/aromatic N) is 3. The first-order valence-electron chi connectivity index (χ1n) is 9.38. The molecule has 2 aliphatic rings. The van der Waals surface area contributed by atoms with E-state index in [0.29, 0.717) is 12.6 Å². The Morgan fingerprint density at radius 1 is 1.35 bits per heavy atom. The van der Waals surface area contributed by atoms with Gasteiger partial charge in [0.2, 0.25) is 0 Å². The van der Waals surface area contributed by atoms with Gasteiger partial charge in [0.1, 0.15) is 5.82 Å². The van der Waals surface area contributed by atoms with Gasteiger partial charge in [-0.05, 0) is 43.4 Å². The molecule has 0 spiro atoms. The maximum Gasteiger partial charge on any atom is 0.194 e. The average molecular weight is 381 g/mol. The summed E-state index contributed by atoms with van der Waals surface area (Å²) in [6.45, 7) is 9.12. The van der Waals surface area contributed by atoms with E-state index in [0.717, 1.165) is 68.8 Å². The average Bonchev–Trinajstić information content (AvgIpc) is 3.16. The molecule has 1 aromatic rings. The Labute approximate surface area is 160 Å². The van der Waals surface area contributed by atoms with Crippen molar-refractivity contribution < 1.29 is 9.13 Å². The highest BCUT2D eigenvalue weighted by Gasteiger charge is 2.30. The van der Waals surface area contributed by atoms with Gasteiger partial charge in [-0.3, -0.25) is 4.90 Å². The first-order chi connectivity index (χ1) is 12.7. The predicted molar refractivity (Wildman–Crippen MR) is 105 cm³/mol. The molecule has 5 nitrogen and oxygen atoms in total. The van der Waals surface area contributed by atoms with Crippen molar-refractivity contribution in [2.45, 2.75) is 30.8 Å². The molecule has 0 amide bonds. The molecule has 0 bridgehead atoms. The molecule has 0 radical (unpaired) electrons. The van der Waals surface area contributed by atoms with E-state index in [1.54, 1.807) is 17.8 Å². The zero-order valence-electron chi connectivity index (χ0n) is 15.7. The number of aliphatic imine (C=N–C) groups is 1. The van der Waals surface area contributed by atoms with E-state index in [2.05, 4.69) is 22.0 Å². The van der Waals surface area contributed by atoms with Crippen LogP contribution in [0.15, 0.2) is 28.1 Å². The first-order valence-corrected chi connectivity index (χ1v) is 10.6. The summed E-state index contributed by atoms with van der Waals surface area (Å²) in [5, 5.41) is 3.40. The highest BCUT2D eigenvalue weighted by molar-refractivity contribution is 7.98. The molecule has 0 aromatic heterocycles. The minimum Gasteiger partial charge on any atom is -0.379 e. The van der Waals surface area contributed by atoms with Crippen LogP contribution in [0.3, 0.4) is 0 Å².